The molecule has 0 radical (unpaired) electrons. The average Bonchev–Trinajstić information content (AvgIpc) is 2.89. The molecule has 1 N–H and O–H groups in total. The van der Waals surface area contributed by atoms with E-state index in [9.17, 15) is 5.11 Å². The van der Waals surface area contributed by atoms with Gasteiger partial charge < -0.3 is 5.11 Å². The van der Waals surface area contributed by atoms with E-state index in [1.54, 1.807) is 0 Å². The van der Waals surface area contributed by atoms with Gasteiger partial charge in [-0.25, -0.2) is 0 Å². The third-order valence-electron chi connectivity index (χ3n) is 3.14. The van der Waals surface area contributed by atoms with E-state index in [2.05, 4.69) is 44.9 Å². The number of aliphatic hydroxyl groups excluding tert-OH is 1. The van der Waals surface area contributed by atoms with Gasteiger partial charge >= 0.3 is 0 Å². The molecule has 1 aliphatic rings. The van der Waals surface area contributed by atoms with E-state index in [4.69, 9.17) is 0 Å². The molecule has 0 atom stereocenters. The van der Waals surface area contributed by atoms with Crippen LogP contribution in [-0.2, 0) is 6.42 Å². The summed E-state index contributed by atoms with van der Waals surface area (Å²) in [7, 11) is 0. The molecule has 1 heterocycles. The van der Waals surface area contributed by atoms with Gasteiger partial charge in [-0.05, 0) is 41.7 Å². The van der Waals surface area contributed by atoms with Gasteiger partial charge in [0.15, 0.2) is 0 Å². The number of hydrogen-bond donors (Lipinski definition) is 1. The predicted molar refractivity (Wildman–Crippen MR) is 68.1 cm³/mol. The zero-order chi connectivity index (χ0) is 12.7. The van der Waals surface area contributed by atoms with E-state index in [1.165, 1.54) is 5.56 Å². The summed E-state index contributed by atoms with van der Waals surface area (Å²) in [4.78, 5) is 0. The summed E-state index contributed by atoms with van der Waals surface area (Å²) in [6.45, 7) is -0.112. The normalized spacial score (nSPS) is 16.3. The predicted octanol–water partition coefficient (Wildman–Crippen LogP) is 3.31. The molecule has 0 amide bonds. The highest BCUT2D eigenvalue weighted by Gasteiger charge is 2.31. The van der Waals surface area contributed by atoms with Crippen molar-refractivity contribution in [1.82, 2.24) is 0 Å². The van der Waals surface area contributed by atoms with Crippen molar-refractivity contribution in [1.29, 1.82) is 0 Å². The van der Waals surface area contributed by atoms with Crippen molar-refractivity contribution in [3.63, 3.8) is 0 Å². The van der Waals surface area contributed by atoms with E-state index < -0.39 is 5.66 Å². The number of rotatable bonds is 7. The van der Waals surface area contributed by atoms with Gasteiger partial charge in [-0.3, -0.25) is 0 Å². The molecule has 5 nitrogen and oxygen atoms in total. The van der Waals surface area contributed by atoms with Crippen molar-refractivity contribution in [2.45, 2.75) is 37.8 Å². The molecule has 0 saturated carbocycles. The first-order valence-corrected chi connectivity index (χ1v) is 6.33. The zero-order valence-electron chi connectivity index (χ0n) is 10.4. The molecule has 0 aliphatic carbocycles. The molecule has 0 spiro atoms. The minimum Gasteiger partial charge on any atom is -0.392 e. The molecule has 5 heteroatoms. The maximum atomic E-state index is 9.24. The fourth-order valence-corrected chi connectivity index (χ4v) is 2.03. The first-order valence-electron chi connectivity index (χ1n) is 6.33. The summed E-state index contributed by atoms with van der Waals surface area (Å²) in [5, 5.41) is 24.0. The Kier molecular flexibility index (Phi) is 4.52. The second-order valence-electron chi connectivity index (χ2n) is 4.57. The van der Waals surface area contributed by atoms with Crippen LogP contribution in [0.15, 0.2) is 51.0 Å². The van der Waals surface area contributed by atoms with E-state index in [0.29, 0.717) is 6.42 Å². The fourth-order valence-electron chi connectivity index (χ4n) is 2.03. The summed E-state index contributed by atoms with van der Waals surface area (Å²) in [6, 6.07) is 10.5. The maximum absolute atomic E-state index is 9.24. The van der Waals surface area contributed by atoms with Crippen LogP contribution >= 0.6 is 0 Å². The van der Waals surface area contributed by atoms with Crippen molar-refractivity contribution in [2.75, 3.05) is 6.61 Å². The van der Waals surface area contributed by atoms with Crippen LogP contribution in [0.3, 0.4) is 0 Å². The lowest BCUT2D eigenvalue weighted by molar-refractivity contribution is 0.189. The molecular formula is C13H18N4O. The van der Waals surface area contributed by atoms with Crippen LogP contribution in [0.1, 0.15) is 31.2 Å². The van der Waals surface area contributed by atoms with Gasteiger partial charge in [0.25, 0.3) is 0 Å². The van der Waals surface area contributed by atoms with E-state index >= 15 is 0 Å². The highest BCUT2D eigenvalue weighted by atomic mass is 16.3. The van der Waals surface area contributed by atoms with Crippen LogP contribution in [0.4, 0.5) is 0 Å². The fraction of sp³-hybridized carbons (Fsp3) is 0.538. The smallest absolute Gasteiger partial charge is 0.217 e. The molecular weight excluding hydrogens is 228 g/mol. The Balaban J connectivity index is 1.65. The topological polar surface area (TPSA) is 69.7 Å². The minimum atomic E-state index is -0.785. The van der Waals surface area contributed by atoms with Crippen LogP contribution < -0.4 is 0 Å². The summed E-state index contributed by atoms with van der Waals surface area (Å²) in [5.41, 5.74) is 0.585. The van der Waals surface area contributed by atoms with E-state index in [0.717, 1.165) is 25.7 Å². The molecule has 0 saturated heterocycles. The number of aryl methyl sites for hydroxylation is 1. The van der Waals surface area contributed by atoms with Crippen molar-refractivity contribution in [2.24, 2.45) is 20.7 Å². The van der Waals surface area contributed by atoms with Gasteiger partial charge in [0, 0.05) is 0 Å². The monoisotopic (exact) mass is 246 g/mol. The van der Waals surface area contributed by atoms with Crippen LogP contribution in [-0.4, -0.2) is 17.4 Å². The van der Waals surface area contributed by atoms with Gasteiger partial charge in [-0.15, -0.1) is 10.2 Å². The number of unbranched alkanes of at least 4 members (excludes halogenated alkanes) is 2. The molecule has 1 aromatic rings. The molecule has 2 rings (SSSR count). The minimum absolute atomic E-state index is 0.112. The van der Waals surface area contributed by atoms with Crippen molar-refractivity contribution >= 4 is 0 Å². The standard InChI is InChI=1S/C13H18N4O/c18-11-13(14-16-17-15-13)10-6-2-5-9-12-7-3-1-4-8-12/h1,3-4,7-8,18H,2,5-6,9-11H2. The molecule has 0 aromatic heterocycles. The Morgan fingerprint density at radius 1 is 0.944 bits per heavy atom. The number of aliphatic hydroxyl groups is 1. The molecule has 18 heavy (non-hydrogen) atoms. The second kappa shape index (κ2) is 6.35. The summed E-state index contributed by atoms with van der Waals surface area (Å²) >= 11 is 0. The molecule has 0 bridgehead atoms. The lowest BCUT2D eigenvalue weighted by Crippen LogP contribution is -2.26. The quantitative estimate of drug-likeness (QED) is 0.737. The summed E-state index contributed by atoms with van der Waals surface area (Å²) in [6.07, 6.45) is 5.02. The molecule has 0 fully saturated rings. The van der Waals surface area contributed by atoms with Crippen LogP contribution in [0.25, 0.3) is 0 Å². The Labute approximate surface area is 107 Å². The van der Waals surface area contributed by atoms with Crippen molar-refractivity contribution in [3.05, 3.63) is 35.9 Å². The third kappa shape index (κ3) is 3.43. The van der Waals surface area contributed by atoms with Gasteiger partial charge in [0.2, 0.25) is 5.66 Å². The average molecular weight is 246 g/mol. The van der Waals surface area contributed by atoms with Gasteiger partial charge in [0.1, 0.15) is 0 Å². The SMILES string of the molecule is OCC1(CCCCCc2ccccc2)N=NN=N1. The van der Waals surface area contributed by atoms with Crippen LogP contribution in [0, 0.1) is 0 Å². The molecule has 0 unspecified atom stereocenters. The Hall–Kier alpha value is -1.62. The van der Waals surface area contributed by atoms with Crippen LogP contribution in [0.5, 0.6) is 0 Å². The second-order valence-corrected chi connectivity index (χ2v) is 4.57. The van der Waals surface area contributed by atoms with E-state index in [1.807, 2.05) is 6.07 Å². The first kappa shape index (κ1) is 12.8. The number of benzene rings is 1. The van der Waals surface area contributed by atoms with Crippen molar-refractivity contribution in [3.8, 4) is 0 Å². The first-order chi connectivity index (χ1) is 8.85. The lowest BCUT2D eigenvalue weighted by atomic mass is 10.0. The molecule has 1 aromatic carbocycles. The summed E-state index contributed by atoms with van der Waals surface area (Å²) in [5.74, 6) is 0. The molecule has 1 aliphatic heterocycles. The van der Waals surface area contributed by atoms with Crippen molar-refractivity contribution < 1.29 is 5.11 Å². The number of hydrogen-bond acceptors (Lipinski definition) is 5. The highest BCUT2D eigenvalue weighted by molar-refractivity contribution is 5.14. The zero-order valence-corrected chi connectivity index (χ0v) is 10.4. The molecule has 96 valence electrons. The Bertz CT molecular complexity index is 404. The Morgan fingerprint density at radius 3 is 2.33 bits per heavy atom. The van der Waals surface area contributed by atoms with Crippen LogP contribution in [0.2, 0.25) is 0 Å². The van der Waals surface area contributed by atoms with Gasteiger partial charge in [-0.1, -0.05) is 36.8 Å². The number of nitrogens with zero attached hydrogens (tertiary/aromatic N) is 4. The largest absolute Gasteiger partial charge is 0.392 e. The third-order valence-corrected chi connectivity index (χ3v) is 3.14. The summed E-state index contributed by atoms with van der Waals surface area (Å²) < 4.78 is 0. The highest BCUT2D eigenvalue weighted by Crippen LogP contribution is 2.26. The lowest BCUT2D eigenvalue weighted by Gasteiger charge is -2.15. The van der Waals surface area contributed by atoms with Gasteiger partial charge in [0.05, 0.1) is 6.61 Å². The van der Waals surface area contributed by atoms with E-state index in [-0.39, 0.29) is 6.61 Å². The maximum Gasteiger partial charge on any atom is 0.217 e. The Morgan fingerprint density at radius 2 is 1.67 bits per heavy atom. The van der Waals surface area contributed by atoms with Gasteiger partial charge in [-0.2, -0.15) is 0 Å².